The molecule has 0 aromatic carbocycles. The van der Waals surface area contributed by atoms with Crippen LogP contribution in [0.15, 0.2) is 6.20 Å². The van der Waals surface area contributed by atoms with Gasteiger partial charge in [0.25, 0.3) is 0 Å². The van der Waals surface area contributed by atoms with E-state index in [1.165, 1.54) is 0 Å². The van der Waals surface area contributed by atoms with E-state index in [-0.39, 0.29) is 17.0 Å². The summed E-state index contributed by atoms with van der Waals surface area (Å²) >= 11 is 3.31. The van der Waals surface area contributed by atoms with E-state index < -0.39 is 0 Å². The Morgan fingerprint density at radius 3 is 2.69 bits per heavy atom. The summed E-state index contributed by atoms with van der Waals surface area (Å²) < 4.78 is 0. The summed E-state index contributed by atoms with van der Waals surface area (Å²) in [6.45, 7) is 2.10. The van der Waals surface area contributed by atoms with Crippen LogP contribution in [-0.4, -0.2) is 9.97 Å². The first-order valence-electron chi connectivity index (χ1n) is 3.94. The molecule has 0 saturated heterocycles. The molecule has 0 aliphatic rings. The molecule has 74 valence electrons. The summed E-state index contributed by atoms with van der Waals surface area (Å²) in [6, 6.07) is 0. The van der Waals surface area contributed by atoms with Gasteiger partial charge in [0.1, 0.15) is 11.6 Å². The van der Waals surface area contributed by atoms with Gasteiger partial charge in [-0.1, -0.05) is 22.9 Å². The Labute approximate surface area is 97.1 Å². The lowest BCUT2D eigenvalue weighted by molar-refractivity contribution is 0.833. The largest absolute Gasteiger partial charge is 0.383 e. The third-order valence-electron chi connectivity index (χ3n) is 1.57. The number of nitrogen functional groups attached to an aromatic ring is 1. The van der Waals surface area contributed by atoms with E-state index in [1.807, 2.05) is 0 Å². The van der Waals surface area contributed by atoms with E-state index in [9.17, 15) is 0 Å². The molecule has 0 fully saturated rings. The highest BCUT2D eigenvalue weighted by Crippen LogP contribution is 2.11. The molecule has 1 aromatic rings. The number of anilines is 1. The van der Waals surface area contributed by atoms with Crippen molar-refractivity contribution >= 4 is 38.7 Å². The summed E-state index contributed by atoms with van der Waals surface area (Å²) in [7, 11) is 0. The van der Waals surface area contributed by atoms with Crippen LogP contribution in [0.25, 0.3) is 0 Å². The second-order valence-electron chi connectivity index (χ2n) is 2.58. The van der Waals surface area contributed by atoms with Crippen LogP contribution >= 0.6 is 32.9 Å². The number of hydrogen-bond donors (Lipinski definition) is 1. The molecule has 0 spiro atoms. The lowest BCUT2D eigenvalue weighted by atomic mass is 10.3. The molecule has 0 unspecified atom stereocenters. The lowest BCUT2D eigenvalue weighted by Gasteiger charge is -2.02. The number of hydrogen-bond acceptors (Lipinski definition) is 3. The predicted molar refractivity (Wildman–Crippen MR) is 63.4 cm³/mol. The van der Waals surface area contributed by atoms with Crippen molar-refractivity contribution in [3.8, 4) is 0 Å². The average molecular weight is 311 g/mol. The van der Waals surface area contributed by atoms with Gasteiger partial charge in [0.05, 0.1) is 0 Å². The highest BCUT2D eigenvalue weighted by molar-refractivity contribution is 9.08. The Bertz CT molecular complexity index is 266. The van der Waals surface area contributed by atoms with Crippen LogP contribution in [0, 0.1) is 0 Å². The second-order valence-corrected chi connectivity index (χ2v) is 3.14. The summed E-state index contributed by atoms with van der Waals surface area (Å²) in [5.74, 6) is 1.42. The molecule has 0 amide bonds. The first-order valence-corrected chi connectivity index (χ1v) is 5.06. The van der Waals surface area contributed by atoms with E-state index in [0.717, 1.165) is 24.2 Å². The minimum atomic E-state index is 0. The van der Waals surface area contributed by atoms with Crippen LogP contribution in [0.3, 0.4) is 0 Å². The molecule has 0 aliphatic heterocycles. The molecule has 0 aliphatic carbocycles. The van der Waals surface area contributed by atoms with Crippen LogP contribution in [-0.2, 0) is 11.8 Å². The molecule has 5 heteroatoms. The molecule has 2 N–H and O–H groups in total. The summed E-state index contributed by atoms with van der Waals surface area (Å²) in [4.78, 5) is 8.35. The van der Waals surface area contributed by atoms with Gasteiger partial charge in [0.2, 0.25) is 0 Å². The zero-order valence-electron chi connectivity index (χ0n) is 7.46. The first kappa shape index (κ1) is 12.8. The van der Waals surface area contributed by atoms with E-state index in [1.54, 1.807) is 6.20 Å². The normalized spacial score (nSPS) is 9.38. The predicted octanol–water partition coefficient (Wildman–Crippen LogP) is 2.48. The third-order valence-corrected chi connectivity index (χ3v) is 2.17. The van der Waals surface area contributed by atoms with Gasteiger partial charge in [0.15, 0.2) is 0 Å². The van der Waals surface area contributed by atoms with Crippen LogP contribution in [0.1, 0.15) is 24.7 Å². The van der Waals surface area contributed by atoms with Crippen molar-refractivity contribution in [3.05, 3.63) is 17.6 Å². The van der Waals surface area contributed by atoms with Gasteiger partial charge in [0, 0.05) is 23.5 Å². The number of nitrogens with zero attached hydrogens (tertiary/aromatic N) is 2. The second kappa shape index (κ2) is 6.32. The maximum Gasteiger partial charge on any atom is 0.131 e. The Hall–Kier alpha value is -0.160. The molecule has 0 radical (unpaired) electrons. The van der Waals surface area contributed by atoms with Crippen LogP contribution in [0.5, 0.6) is 0 Å². The Balaban J connectivity index is 0.00000144. The van der Waals surface area contributed by atoms with Gasteiger partial charge >= 0.3 is 0 Å². The Kier molecular flexibility index (Phi) is 6.24. The average Bonchev–Trinajstić information content (AvgIpc) is 2.05. The van der Waals surface area contributed by atoms with E-state index >= 15 is 0 Å². The maximum absolute atomic E-state index is 5.68. The van der Waals surface area contributed by atoms with E-state index in [4.69, 9.17) is 5.73 Å². The van der Waals surface area contributed by atoms with E-state index in [2.05, 4.69) is 32.8 Å². The fraction of sp³-hybridized carbons (Fsp3) is 0.500. The molecular formula is C8H13Br2N3. The van der Waals surface area contributed by atoms with Gasteiger partial charge in [-0.05, 0) is 6.42 Å². The molecule has 1 heterocycles. The van der Waals surface area contributed by atoms with Gasteiger partial charge in [-0.2, -0.15) is 0 Å². The number of rotatable bonds is 3. The molecule has 13 heavy (non-hydrogen) atoms. The number of aryl methyl sites for hydroxylation is 1. The first-order chi connectivity index (χ1) is 5.77. The van der Waals surface area contributed by atoms with Crippen molar-refractivity contribution < 1.29 is 0 Å². The number of alkyl halides is 1. The van der Waals surface area contributed by atoms with Gasteiger partial charge in [-0.25, -0.2) is 9.97 Å². The maximum atomic E-state index is 5.68. The summed E-state index contributed by atoms with van der Waals surface area (Å²) in [5.41, 5.74) is 6.63. The molecule has 1 rings (SSSR count). The van der Waals surface area contributed by atoms with Crippen molar-refractivity contribution in [1.82, 2.24) is 9.97 Å². The summed E-state index contributed by atoms with van der Waals surface area (Å²) in [6.07, 6.45) is 3.72. The van der Waals surface area contributed by atoms with Crippen molar-refractivity contribution in [2.24, 2.45) is 0 Å². The van der Waals surface area contributed by atoms with Crippen molar-refractivity contribution in [2.45, 2.75) is 25.1 Å². The molecule has 3 nitrogen and oxygen atoms in total. The van der Waals surface area contributed by atoms with Gasteiger partial charge < -0.3 is 5.73 Å². The van der Waals surface area contributed by atoms with E-state index in [0.29, 0.717) is 11.1 Å². The quantitative estimate of drug-likeness (QED) is 0.873. The minimum absolute atomic E-state index is 0. The molecule has 0 bridgehead atoms. The Morgan fingerprint density at radius 1 is 1.54 bits per heavy atom. The SMILES string of the molecule is Br.CCCc1ncc(CBr)c(N)n1. The fourth-order valence-electron chi connectivity index (χ4n) is 0.905. The van der Waals surface area contributed by atoms with Crippen LogP contribution in [0.4, 0.5) is 5.82 Å². The molecule has 0 atom stereocenters. The zero-order valence-corrected chi connectivity index (χ0v) is 10.8. The zero-order chi connectivity index (χ0) is 8.97. The highest BCUT2D eigenvalue weighted by atomic mass is 79.9. The molecule has 1 aromatic heterocycles. The van der Waals surface area contributed by atoms with Crippen LogP contribution in [0.2, 0.25) is 0 Å². The summed E-state index contributed by atoms with van der Waals surface area (Å²) in [5, 5.41) is 0.714. The smallest absolute Gasteiger partial charge is 0.131 e. The standard InChI is InChI=1S/C8H12BrN3.BrH/c1-2-3-7-11-5-6(4-9)8(10)12-7;/h5H,2-4H2,1H3,(H2,10,11,12);1H. The number of nitrogens with two attached hydrogens (primary N) is 1. The lowest BCUT2D eigenvalue weighted by Crippen LogP contribution is -2.02. The fourth-order valence-corrected chi connectivity index (χ4v) is 1.34. The Morgan fingerprint density at radius 2 is 2.23 bits per heavy atom. The molecular weight excluding hydrogens is 298 g/mol. The van der Waals surface area contributed by atoms with Crippen molar-refractivity contribution in [2.75, 3.05) is 5.73 Å². The monoisotopic (exact) mass is 309 g/mol. The van der Waals surface area contributed by atoms with Crippen molar-refractivity contribution in [1.29, 1.82) is 0 Å². The molecule has 0 saturated carbocycles. The van der Waals surface area contributed by atoms with Gasteiger partial charge in [-0.3, -0.25) is 0 Å². The highest BCUT2D eigenvalue weighted by Gasteiger charge is 2.01. The van der Waals surface area contributed by atoms with Gasteiger partial charge in [-0.15, -0.1) is 17.0 Å². The van der Waals surface area contributed by atoms with Crippen molar-refractivity contribution in [3.63, 3.8) is 0 Å². The number of aromatic nitrogens is 2. The third kappa shape index (κ3) is 3.60. The number of halogens is 2. The van der Waals surface area contributed by atoms with Crippen LogP contribution < -0.4 is 5.73 Å². The minimum Gasteiger partial charge on any atom is -0.383 e. The topological polar surface area (TPSA) is 51.8 Å².